The van der Waals surface area contributed by atoms with Gasteiger partial charge in [0.05, 0.1) is 31.7 Å². The van der Waals surface area contributed by atoms with E-state index in [4.69, 9.17) is 0 Å². The summed E-state index contributed by atoms with van der Waals surface area (Å²) in [4.78, 5) is 30.6. The summed E-state index contributed by atoms with van der Waals surface area (Å²) in [5.41, 5.74) is 4.45. The smallest absolute Gasteiger partial charge is 0.272 e. The number of nitrogens with zero attached hydrogens (tertiary/aromatic N) is 3. The van der Waals surface area contributed by atoms with E-state index < -0.39 is 6.67 Å². The van der Waals surface area contributed by atoms with Gasteiger partial charge in [-0.25, -0.2) is 4.98 Å². The van der Waals surface area contributed by atoms with Crippen molar-refractivity contribution in [3.05, 3.63) is 52.6 Å². The van der Waals surface area contributed by atoms with Gasteiger partial charge in [-0.05, 0) is 37.0 Å². The van der Waals surface area contributed by atoms with Crippen LogP contribution in [0.1, 0.15) is 45.7 Å². The minimum Gasteiger partial charge on any atom is -0.347 e. The maximum atomic E-state index is 12.7. The number of amides is 2. The Morgan fingerprint density at radius 2 is 2.04 bits per heavy atom. The number of carbonyl (C=O) groups is 2. The molecule has 0 atom stereocenters. The summed E-state index contributed by atoms with van der Waals surface area (Å²) < 4.78 is 14.4. The number of imidazole rings is 1. The first kappa shape index (κ1) is 19.1. The Morgan fingerprint density at radius 3 is 2.78 bits per heavy atom. The minimum atomic E-state index is -0.669. The largest absolute Gasteiger partial charge is 0.347 e. The van der Waals surface area contributed by atoms with E-state index in [0.717, 1.165) is 12.0 Å². The number of rotatable bonds is 5. The molecule has 0 bridgehead atoms. The van der Waals surface area contributed by atoms with Crippen LogP contribution in [0.5, 0.6) is 0 Å². The zero-order valence-corrected chi connectivity index (χ0v) is 15.8. The van der Waals surface area contributed by atoms with Crippen LogP contribution in [0.15, 0.2) is 24.5 Å². The monoisotopic (exact) mass is 372 g/mol. The van der Waals surface area contributed by atoms with Crippen LogP contribution in [-0.4, -0.2) is 39.5 Å². The molecule has 2 amide bonds. The summed E-state index contributed by atoms with van der Waals surface area (Å²) in [5.74, 6) is -0.490. The first-order valence-corrected chi connectivity index (χ1v) is 9.21. The summed E-state index contributed by atoms with van der Waals surface area (Å²) in [6.07, 6.45) is 2.27. The van der Waals surface area contributed by atoms with Crippen LogP contribution in [-0.2, 0) is 24.4 Å². The number of aryl methyl sites for hydroxylation is 3. The molecule has 0 spiro atoms. The van der Waals surface area contributed by atoms with Gasteiger partial charge in [-0.1, -0.05) is 18.2 Å². The predicted octanol–water partition coefficient (Wildman–Crippen LogP) is 2.52. The van der Waals surface area contributed by atoms with E-state index in [2.05, 4.69) is 16.4 Å². The van der Waals surface area contributed by atoms with Crippen LogP contribution >= 0.6 is 0 Å². The molecule has 2 aromatic rings. The van der Waals surface area contributed by atoms with Crippen LogP contribution < -0.4 is 5.32 Å². The van der Waals surface area contributed by atoms with Crippen LogP contribution in [0.25, 0.3) is 0 Å². The van der Waals surface area contributed by atoms with Crippen molar-refractivity contribution in [3.63, 3.8) is 0 Å². The third-order valence-corrected chi connectivity index (χ3v) is 5.01. The van der Waals surface area contributed by atoms with Crippen molar-refractivity contribution in [2.24, 2.45) is 0 Å². The number of hydrogen-bond donors (Lipinski definition) is 1. The second-order valence-corrected chi connectivity index (χ2v) is 6.94. The van der Waals surface area contributed by atoms with E-state index in [1.165, 1.54) is 11.1 Å². The van der Waals surface area contributed by atoms with Gasteiger partial charge in [-0.2, -0.15) is 0 Å². The number of fused-ring (bicyclic) bond motifs is 1. The second-order valence-electron chi connectivity index (χ2n) is 6.94. The first-order valence-electron chi connectivity index (χ1n) is 9.21. The molecule has 27 heavy (non-hydrogen) atoms. The summed E-state index contributed by atoms with van der Waals surface area (Å²) in [5, 5.41) is 2.91. The zero-order chi connectivity index (χ0) is 19.4. The highest BCUT2D eigenvalue weighted by molar-refractivity contribution is 5.93. The van der Waals surface area contributed by atoms with Crippen molar-refractivity contribution >= 4 is 11.8 Å². The predicted molar refractivity (Wildman–Crippen MR) is 99.9 cm³/mol. The Labute approximate surface area is 158 Å². The SMILES string of the molecule is Cc1ccc(CNC(=O)c2ncn3c2CN(C(=O)CCF)CCC3)cc1C. The van der Waals surface area contributed by atoms with Crippen LogP contribution in [0.3, 0.4) is 0 Å². The molecule has 1 aliphatic heterocycles. The van der Waals surface area contributed by atoms with Gasteiger partial charge in [-0.15, -0.1) is 0 Å². The lowest BCUT2D eigenvalue weighted by atomic mass is 10.1. The van der Waals surface area contributed by atoms with Gasteiger partial charge in [-0.3, -0.25) is 14.0 Å². The number of carbonyl (C=O) groups excluding carboxylic acids is 2. The number of alkyl halides is 1. The quantitative estimate of drug-likeness (QED) is 0.877. The Morgan fingerprint density at radius 1 is 1.22 bits per heavy atom. The molecule has 0 saturated heterocycles. The van der Waals surface area contributed by atoms with Gasteiger partial charge in [0, 0.05) is 19.6 Å². The fraction of sp³-hybridized carbons (Fsp3) is 0.450. The number of hydrogen-bond acceptors (Lipinski definition) is 3. The van der Waals surface area contributed by atoms with E-state index in [0.29, 0.717) is 31.0 Å². The molecule has 0 unspecified atom stereocenters. The number of aromatic nitrogens is 2. The molecular formula is C20H25FN4O2. The third-order valence-electron chi connectivity index (χ3n) is 5.01. The summed E-state index contributed by atoms with van der Waals surface area (Å²) in [6, 6.07) is 6.09. The van der Waals surface area contributed by atoms with Crippen molar-refractivity contribution in [1.29, 1.82) is 0 Å². The van der Waals surface area contributed by atoms with Gasteiger partial charge in [0.15, 0.2) is 5.69 Å². The van der Waals surface area contributed by atoms with E-state index in [1.54, 1.807) is 11.2 Å². The molecule has 0 radical (unpaired) electrons. The highest BCUT2D eigenvalue weighted by atomic mass is 19.1. The zero-order valence-electron chi connectivity index (χ0n) is 15.8. The fourth-order valence-corrected chi connectivity index (χ4v) is 3.28. The Kier molecular flexibility index (Phi) is 5.88. The maximum Gasteiger partial charge on any atom is 0.272 e. The molecule has 1 aromatic heterocycles. The Hall–Kier alpha value is -2.70. The molecule has 1 aliphatic rings. The van der Waals surface area contributed by atoms with Gasteiger partial charge in [0.25, 0.3) is 5.91 Å². The lowest BCUT2D eigenvalue weighted by molar-refractivity contribution is -0.132. The van der Waals surface area contributed by atoms with Crippen molar-refractivity contribution in [3.8, 4) is 0 Å². The average molecular weight is 372 g/mol. The van der Waals surface area contributed by atoms with E-state index >= 15 is 0 Å². The number of nitrogens with one attached hydrogen (secondary N) is 1. The maximum absolute atomic E-state index is 12.7. The highest BCUT2D eigenvalue weighted by Crippen LogP contribution is 2.17. The number of halogens is 1. The van der Waals surface area contributed by atoms with Crippen LogP contribution in [0.4, 0.5) is 4.39 Å². The molecule has 6 nitrogen and oxygen atoms in total. The summed E-state index contributed by atoms with van der Waals surface area (Å²) >= 11 is 0. The molecule has 3 rings (SSSR count). The summed E-state index contributed by atoms with van der Waals surface area (Å²) in [7, 11) is 0. The molecule has 2 heterocycles. The van der Waals surface area contributed by atoms with Crippen LogP contribution in [0.2, 0.25) is 0 Å². The lowest BCUT2D eigenvalue weighted by Gasteiger charge is -2.20. The van der Waals surface area contributed by atoms with E-state index in [1.807, 2.05) is 30.5 Å². The number of benzene rings is 1. The van der Waals surface area contributed by atoms with E-state index in [9.17, 15) is 14.0 Å². The third kappa shape index (κ3) is 4.35. The average Bonchev–Trinajstić information content (AvgIpc) is 2.92. The Balaban J connectivity index is 1.72. The highest BCUT2D eigenvalue weighted by Gasteiger charge is 2.24. The minimum absolute atomic E-state index is 0.123. The molecular weight excluding hydrogens is 347 g/mol. The van der Waals surface area contributed by atoms with Crippen molar-refractivity contribution in [2.45, 2.75) is 46.3 Å². The molecule has 0 fully saturated rings. The fourth-order valence-electron chi connectivity index (χ4n) is 3.28. The van der Waals surface area contributed by atoms with Gasteiger partial charge >= 0.3 is 0 Å². The molecule has 0 saturated carbocycles. The second kappa shape index (κ2) is 8.33. The molecule has 0 aliphatic carbocycles. The molecule has 7 heteroatoms. The molecule has 1 N–H and O–H groups in total. The normalized spacial score (nSPS) is 13.8. The summed E-state index contributed by atoms with van der Waals surface area (Å²) in [6.45, 7) is 5.36. The van der Waals surface area contributed by atoms with Crippen molar-refractivity contribution in [2.75, 3.05) is 13.2 Å². The molecule has 144 valence electrons. The van der Waals surface area contributed by atoms with Gasteiger partial charge in [0.2, 0.25) is 5.91 Å². The van der Waals surface area contributed by atoms with Crippen LogP contribution in [0, 0.1) is 13.8 Å². The standard InChI is InChI=1S/C20H25FN4O2/c1-14-4-5-16(10-15(14)2)11-22-20(27)19-17-12-24(18(26)6-7-21)8-3-9-25(17)13-23-19/h4-5,10,13H,3,6-9,11-12H2,1-2H3,(H,22,27). The van der Waals surface area contributed by atoms with E-state index in [-0.39, 0.29) is 24.8 Å². The van der Waals surface area contributed by atoms with Crippen molar-refractivity contribution < 1.29 is 14.0 Å². The van der Waals surface area contributed by atoms with Gasteiger partial charge < -0.3 is 14.8 Å². The molecule has 1 aromatic carbocycles. The van der Waals surface area contributed by atoms with Gasteiger partial charge in [0.1, 0.15) is 0 Å². The Bertz CT molecular complexity index is 847. The first-order chi connectivity index (χ1) is 13.0. The topological polar surface area (TPSA) is 67.2 Å². The van der Waals surface area contributed by atoms with Crippen molar-refractivity contribution in [1.82, 2.24) is 19.8 Å². The lowest BCUT2D eigenvalue weighted by Crippen LogP contribution is -2.32.